The molecule has 4 aromatic heterocycles. The summed E-state index contributed by atoms with van der Waals surface area (Å²) in [4.78, 5) is 20.6. The van der Waals surface area contributed by atoms with Crippen LogP contribution in [0.1, 0.15) is 16.7 Å². The fourth-order valence-electron chi connectivity index (χ4n) is 3.02. The maximum absolute atomic E-state index is 13.0. The topological polar surface area (TPSA) is 102 Å². The minimum absolute atomic E-state index is 0.224. The van der Waals surface area contributed by atoms with Crippen LogP contribution in [0.5, 0.6) is 0 Å². The van der Waals surface area contributed by atoms with Crippen LogP contribution in [0.25, 0.3) is 16.7 Å². The molecule has 7 heteroatoms. The fraction of sp³-hybridized carbons (Fsp3) is 0.105. The summed E-state index contributed by atoms with van der Waals surface area (Å²) < 4.78 is 3.20. The lowest BCUT2D eigenvalue weighted by Gasteiger charge is -2.09. The van der Waals surface area contributed by atoms with Gasteiger partial charge in [0.2, 0.25) is 11.5 Å². The van der Waals surface area contributed by atoms with Crippen molar-refractivity contribution < 1.29 is 9.55 Å². The SMILES string of the molecule is Cc1ccc2nc3c(cc(C#N)c(N)[n+]3Cc3ccc[nH+]c3)c(=O)n2c1. The van der Waals surface area contributed by atoms with Crippen LogP contribution in [0.3, 0.4) is 0 Å². The molecule has 126 valence electrons. The molecule has 0 spiro atoms. The van der Waals surface area contributed by atoms with Gasteiger partial charge in [-0.2, -0.15) is 5.26 Å². The lowest BCUT2D eigenvalue weighted by Crippen LogP contribution is -2.41. The second kappa shape index (κ2) is 5.93. The van der Waals surface area contributed by atoms with Gasteiger partial charge in [-0.3, -0.25) is 9.20 Å². The van der Waals surface area contributed by atoms with Gasteiger partial charge in [0, 0.05) is 12.3 Å². The van der Waals surface area contributed by atoms with Gasteiger partial charge in [-0.15, -0.1) is 0 Å². The summed E-state index contributed by atoms with van der Waals surface area (Å²) in [7, 11) is 0. The lowest BCUT2D eigenvalue weighted by atomic mass is 10.2. The van der Waals surface area contributed by atoms with E-state index in [1.165, 1.54) is 10.5 Å². The van der Waals surface area contributed by atoms with Crippen molar-refractivity contribution in [2.24, 2.45) is 0 Å². The van der Waals surface area contributed by atoms with E-state index in [9.17, 15) is 10.1 Å². The molecule has 0 aliphatic rings. The molecule has 0 fully saturated rings. The Labute approximate surface area is 148 Å². The molecule has 0 aromatic carbocycles. The molecular weight excluding hydrogens is 328 g/mol. The molecule has 0 aliphatic carbocycles. The van der Waals surface area contributed by atoms with E-state index >= 15 is 0 Å². The van der Waals surface area contributed by atoms with Crippen LogP contribution in [0.15, 0.2) is 53.7 Å². The van der Waals surface area contributed by atoms with E-state index in [0.717, 1.165) is 11.1 Å². The van der Waals surface area contributed by atoms with E-state index < -0.39 is 0 Å². The van der Waals surface area contributed by atoms with Crippen LogP contribution in [0, 0.1) is 18.3 Å². The third-order valence-electron chi connectivity index (χ3n) is 4.33. The molecule has 0 unspecified atom stereocenters. The van der Waals surface area contributed by atoms with Gasteiger partial charge in [0.05, 0.1) is 5.56 Å². The van der Waals surface area contributed by atoms with Gasteiger partial charge in [0.25, 0.3) is 11.2 Å². The molecule has 7 nitrogen and oxygen atoms in total. The zero-order valence-electron chi connectivity index (χ0n) is 14.1. The van der Waals surface area contributed by atoms with Crippen molar-refractivity contribution in [1.29, 1.82) is 5.26 Å². The van der Waals surface area contributed by atoms with Gasteiger partial charge in [0.15, 0.2) is 12.4 Å². The number of nitrogens with zero attached hydrogens (tertiary/aromatic N) is 4. The Morgan fingerprint density at radius 3 is 2.96 bits per heavy atom. The van der Waals surface area contributed by atoms with E-state index in [0.29, 0.717) is 23.2 Å². The number of hydrogen-bond acceptors (Lipinski definition) is 4. The number of fused-ring (bicyclic) bond motifs is 2. The number of aryl methyl sites for hydroxylation is 1. The Morgan fingerprint density at radius 1 is 1.38 bits per heavy atom. The van der Waals surface area contributed by atoms with E-state index in [-0.39, 0.29) is 16.9 Å². The molecule has 0 atom stereocenters. The number of nitrogens with one attached hydrogen (secondary N) is 1. The first-order chi connectivity index (χ1) is 12.6. The molecule has 0 radical (unpaired) electrons. The highest BCUT2D eigenvalue weighted by atomic mass is 16.1. The first-order valence-electron chi connectivity index (χ1n) is 8.08. The van der Waals surface area contributed by atoms with E-state index in [4.69, 9.17) is 5.73 Å². The first kappa shape index (κ1) is 15.7. The zero-order chi connectivity index (χ0) is 18.3. The quantitative estimate of drug-likeness (QED) is 0.428. The molecule has 4 aromatic rings. The number of nitriles is 1. The fourth-order valence-corrected chi connectivity index (χ4v) is 3.02. The predicted octanol–water partition coefficient (Wildman–Crippen LogP) is 0.760. The van der Waals surface area contributed by atoms with Crippen molar-refractivity contribution in [2.45, 2.75) is 13.5 Å². The number of nitrogens with two attached hydrogens (primary N) is 1. The molecule has 0 saturated heterocycles. The average Bonchev–Trinajstić information content (AvgIpc) is 2.66. The molecule has 26 heavy (non-hydrogen) atoms. The highest BCUT2D eigenvalue weighted by Crippen LogP contribution is 2.14. The number of aromatic amines is 1. The van der Waals surface area contributed by atoms with Crippen LogP contribution >= 0.6 is 0 Å². The molecule has 0 aliphatic heterocycles. The van der Waals surface area contributed by atoms with Crippen molar-refractivity contribution in [3.63, 3.8) is 0 Å². The van der Waals surface area contributed by atoms with Crippen molar-refractivity contribution in [3.05, 3.63) is 76.0 Å². The number of anilines is 1. The third-order valence-corrected chi connectivity index (χ3v) is 4.33. The Balaban J connectivity index is 2.10. The monoisotopic (exact) mass is 344 g/mol. The summed E-state index contributed by atoms with van der Waals surface area (Å²) in [5.41, 5.74) is 9.13. The number of nitrogen functional groups attached to an aromatic ring is 1. The maximum Gasteiger partial charge on any atom is 0.278 e. The number of pyridine rings is 3. The number of aromatic nitrogens is 4. The van der Waals surface area contributed by atoms with E-state index in [1.807, 2.05) is 37.5 Å². The number of hydrogen-bond donors (Lipinski definition) is 1. The molecule has 0 saturated carbocycles. The molecule has 4 heterocycles. The summed E-state index contributed by atoms with van der Waals surface area (Å²) in [5.74, 6) is 0.284. The maximum atomic E-state index is 13.0. The van der Waals surface area contributed by atoms with Gasteiger partial charge >= 0.3 is 0 Å². The standard InChI is InChI=1S/C19H14N6O/c1-12-4-5-16-23-18-15(19(26)24(16)10-12)7-14(8-20)17(21)25(18)11-13-3-2-6-22-9-13/h2-7,9-10,21H,11H2,1H3/p+2. The molecule has 0 amide bonds. The van der Waals surface area contributed by atoms with Gasteiger partial charge in [-0.1, -0.05) is 11.1 Å². The van der Waals surface area contributed by atoms with Crippen LogP contribution in [-0.4, -0.2) is 9.38 Å². The normalized spacial score (nSPS) is 10.9. The van der Waals surface area contributed by atoms with Crippen LogP contribution in [0.2, 0.25) is 0 Å². The Bertz CT molecular complexity index is 1250. The van der Waals surface area contributed by atoms with Crippen molar-refractivity contribution in [3.8, 4) is 6.07 Å². The van der Waals surface area contributed by atoms with Gasteiger partial charge in [0.1, 0.15) is 23.6 Å². The summed E-state index contributed by atoms with van der Waals surface area (Å²) in [6.45, 7) is 2.30. The Morgan fingerprint density at radius 2 is 2.23 bits per heavy atom. The lowest BCUT2D eigenvalue weighted by molar-refractivity contribution is -0.650. The van der Waals surface area contributed by atoms with Gasteiger partial charge in [-0.05, 0) is 30.7 Å². The predicted molar refractivity (Wildman–Crippen MR) is 95.1 cm³/mol. The van der Waals surface area contributed by atoms with Crippen LogP contribution < -0.4 is 20.8 Å². The minimum Gasteiger partial charge on any atom is -0.317 e. The van der Waals surface area contributed by atoms with Gasteiger partial charge < -0.3 is 5.73 Å². The van der Waals surface area contributed by atoms with Gasteiger partial charge in [-0.25, -0.2) is 9.55 Å². The Hall–Kier alpha value is -3.79. The second-order valence-corrected chi connectivity index (χ2v) is 6.14. The largest absolute Gasteiger partial charge is 0.317 e. The molecule has 3 N–H and O–H groups in total. The minimum atomic E-state index is -0.224. The van der Waals surface area contributed by atoms with Crippen molar-refractivity contribution >= 4 is 22.5 Å². The summed E-state index contributed by atoms with van der Waals surface area (Å²) >= 11 is 0. The van der Waals surface area contributed by atoms with E-state index in [1.54, 1.807) is 16.8 Å². The summed E-state index contributed by atoms with van der Waals surface area (Å²) in [6, 6.07) is 11.1. The second-order valence-electron chi connectivity index (χ2n) is 6.14. The molecular formula is C19H16N6O+2. The molecule has 4 rings (SSSR count). The van der Waals surface area contributed by atoms with Crippen molar-refractivity contribution in [1.82, 2.24) is 9.38 Å². The number of H-pyrrole nitrogens is 1. The summed E-state index contributed by atoms with van der Waals surface area (Å²) in [6.07, 6.45) is 5.39. The first-order valence-corrected chi connectivity index (χ1v) is 8.08. The third kappa shape index (κ3) is 2.45. The van der Waals surface area contributed by atoms with E-state index in [2.05, 4.69) is 16.0 Å². The van der Waals surface area contributed by atoms with Crippen molar-refractivity contribution in [2.75, 3.05) is 5.73 Å². The molecule has 0 bridgehead atoms. The highest BCUT2D eigenvalue weighted by molar-refractivity contribution is 5.76. The average molecular weight is 344 g/mol. The smallest absolute Gasteiger partial charge is 0.278 e. The van der Waals surface area contributed by atoms with Crippen LogP contribution in [0.4, 0.5) is 5.82 Å². The number of rotatable bonds is 2. The zero-order valence-corrected chi connectivity index (χ0v) is 14.1. The highest BCUT2D eigenvalue weighted by Gasteiger charge is 2.21. The summed E-state index contributed by atoms with van der Waals surface area (Å²) in [5, 5.41) is 9.80. The Kier molecular flexibility index (Phi) is 3.59. The van der Waals surface area contributed by atoms with Crippen LogP contribution in [-0.2, 0) is 6.54 Å².